The second-order valence-corrected chi connectivity index (χ2v) is 4.98. The monoisotopic (exact) mass is 311 g/mol. The van der Waals surface area contributed by atoms with E-state index in [1.54, 1.807) is 21.3 Å². The summed E-state index contributed by atoms with van der Waals surface area (Å²) >= 11 is 0. The summed E-state index contributed by atoms with van der Waals surface area (Å²) in [6, 6.07) is 11.1. The maximum absolute atomic E-state index is 11.7. The van der Waals surface area contributed by atoms with Crippen LogP contribution in [0.5, 0.6) is 17.2 Å². The van der Waals surface area contributed by atoms with E-state index < -0.39 is 0 Å². The van der Waals surface area contributed by atoms with Crippen LogP contribution in [-0.2, 0) is 0 Å². The average Bonchev–Trinajstić information content (AvgIpc) is 2.97. The van der Waals surface area contributed by atoms with E-state index in [0.717, 1.165) is 22.8 Å². The zero-order valence-electron chi connectivity index (χ0n) is 13.2. The molecule has 2 aromatic carbocycles. The van der Waals surface area contributed by atoms with Gasteiger partial charge in [0.05, 0.1) is 32.6 Å². The summed E-state index contributed by atoms with van der Waals surface area (Å²) < 4.78 is 16.1. The molecule has 5 nitrogen and oxygen atoms in total. The number of nitrogens with one attached hydrogen (secondary N) is 1. The summed E-state index contributed by atoms with van der Waals surface area (Å²) in [6.45, 7) is 0. The number of hydrogen-bond acceptors (Lipinski definition) is 4. The van der Waals surface area contributed by atoms with Gasteiger partial charge in [-0.05, 0) is 30.3 Å². The van der Waals surface area contributed by atoms with E-state index in [-0.39, 0.29) is 0 Å². The lowest BCUT2D eigenvalue weighted by atomic mass is 10.0. The predicted molar refractivity (Wildman–Crippen MR) is 88.8 cm³/mol. The first-order valence-electron chi connectivity index (χ1n) is 7.09. The van der Waals surface area contributed by atoms with Crippen LogP contribution in [-0.4, -0.2) is 32.6 Å². The van der Waals surface area contributed by atoms with Gasteiger partial charge in [-0.3, -0.25) is 4.79 Å². The van der Waals surface area contributed by atoms with E-state index in [9.17, 15) is 4.79 Å². The van der Waals surface area contributed by atoms with Gasteiger partial charge in [0, 0.05) is 16.5 Å². The molecular weight excluding hydrogens is 294 g/mol. The van der Waals surface area contributed by atoms with Crippen LogP contribution in [0.3, 0.4) is 0 Å². The number of ether oxygens (including phenoxy) is 3. The second-order valence-electron chi connectivity index (χ2n) is 4.98. The van der Waals surface area contributed by atoms with Crippen molar-refractivity contribution >= 4 is 17.2 Å². The summed E-state index contributed by atoms with van der Waals surface area (Å²) in [5, 5.41) is 0.794. The van der Waals surface area contributed by atoms with Crippen molar-refractivity contribution < 1.29 is 19.0 Å². The lowest BCUT2D eigenvalue weighted by Crippen LogP contribution is -1.95. The van der Waals surface area contributed by atoms with Gasteiger partial charge in [-0.15, -0.1) is 0 Å². The fourth-order valence-electron chi connectivity index (χ4n) is 2.74. The Hall–Kier alpha value is -2.95. The number of carbonyl (C=O) groups is 1. The summed E-state index contributed by atoms with van der Waals surface area (Å²) in [5.41, 5.74) is 2.77. The Labute approximate surface area is 133 Å². The van der Waals surface area contributed by atoms with Gasteiger partial charge in [0.2, 0.25) is 0 Å². The minimum atomic E-state index is 0.543. The molecule has 1 aromatic heterocycles. The molecule has 0 unspecified atom stereocenters. The van der Waals surface area contributed by atoms with Crippen LogP contribution >= 0.6 is 0 Å². The van der Waals surface area contributed by atoms with E-state index >= 15 is 0 Å². The molecule has 0 fully saturated rings. The number of aromatic nitrogens is 1. The molecule has 0 saturated heterocycles. The molecule has 23 heavy (non-hydrogen) atoms. The summed E-state index contributed by atoms with van der Waals surface area (Å²) in [5.74, 6) is 1.95. The van der Waals surface area contributed by atoms with Crippen LogP contribution in [0.1, 0.15) is 10.4 Å². The summed E-state index contributed by atoms with van der Waals surface area (Å²) in [4.78, 5) is 15.0. The first-order chi connectivity index (χ1) is 11.2. The van der Waals surface area contributed by atoms with Crippen LogP contribution in [0.15, 0.2) is 36.4 Å². The maximum Gasteiger partial charge on any atom is 0.152 e. The molecule has 3 rings (SSSR count). The van der Waals surface area contributed by atoms with Gasteiger partial charge in [-0.1, -0.05) is 6.07 Å². The number of rotatable bonds is 5. The molecule has 0 aliphatic heterocycles. The van der Waals surface area contributed by atoms with E-state index in [1.807, 2.05) is 36.4 Å². The number of H-pyrrole nitrogens is 1. The van der Waals surface area contributed by atoms with Crippen LogP contribution in [0.25, 0.3) is 22.2 Å². The maximum atomic E-state index is 11.7. The first kappa shape index (κ1) is 15.0. The van der Waals surface area contributed by atoms with Gasteiger partial charge in [0.25, 0.3) is 0 Å². The lowest BCUT2D eigenvalue weighted by Gasteiger charge is -2.12. The predicted octanol–water partition coefficient (Wildman–Crippen LogP) is 3.67. The molecule has 0 aliphatic rings. The van der Waals surface area contributed by atoms with E-state index in [0.29, 0.717) is 28.5 Å². The Morgan fingerprint density at radius 2 is 1.65 bits per heavy atom. The fourth-order valence-corrected chi connectivity index (χ4v) is 2.74. The van der Waals surface area contributed by atoms with Crippen molar-refractivity contribution in [1.82, 2.24) is 4.98 Å². The van der Waals surface area contributed by atoms with Crippen LogP contribution < -0.4 is 14.2 Å². The quantitative estimate of drug-likeness (QED) is 0.730. The first-order valence-corrected chi connectivity index (χ1v) is 7.09. The standard InChI is InChI=1S/C18H17NO4/c1-21-11-7-8-14-12(9-11)13(10-20)18(19-14)17-15(22-2)5-4-6-16(17)23-3/h4-10,19H,1-3H3. The third kappa shape index (κ3) is 2.40. The molecule has 118 valence electrons. The molecule has 1 N–H and O–H groups in total. The Kier molecular flexibility index (Phi) is 3.93. The van der Waals surface area contributed by atoms with Gasteiger partial charge >= 0.3 is 0 Å². The zero-order chi connectivity index (χ0) is 16.4. The van der Waals surface area contributed by atoms with Crippen molar-refractivity contribution in [2.24, 2.45) is 0 Å². The van der Waals surface area contributed by atoms with E-state index in [1.165, 1.54) is 0 Å². The van der Waals surface area contributed by atoms with Crippen LogP contribution in [0.2, 0.25) is 0 Å². The third-order valence-electron chi connectivity index (χ3n) is 3.84. The Bertz CT molecular complexity index is 845. The van der Waals surface area contributed by atoms with Crippen molar-refractivity contribution in [1.29, 1.82) is 0 Å². The largest absolute Gasteiger partial charge is 0.497 e. The highest BCUT2D eigenvalue weighted by atomic mass is 16.5. The number of carbonyl (C=O) groups excluding carboxylic acids is 1. The van der Waals surface area contributed by atoms with Gasteiger partial charge in [0.15, 0.2) is 6.29 Å². The Morgan fingerprint density at radius 3 is 2.22 bits per heavy atom. The SMILES string of the molecule is COc1ccc2[nH]c(-c3c(OC)cccc3OC)c(C=O)c2c1. The molecule has 1 heterocycles. The Morgan fingerprint density at radius 1 is 0.957 bits per heavy atom. The third-order valence-corrected chi connectivity index (χ3v) is 3.84. The highest BCUT2D eigenvalue weighted by Gasteiger charge is 2.20. The van der Waals surface area contributed by atoms with Crippen molar-refractivity contribution in [2.45, 2.75) is 0 Å². The van der Waals surface area contributed by atoms with E-state index in [2.05, 4.69) is 4.98 Å². The molecule has 0 amide bonds. The highest BCUT2D eigenvalue weighted by molar-refractivity contribution is 6.06. The van der Waals surface area contributed by atoms with Crippen LogP contribution in [0, 0.1) is 0 Å². The molecule has 0 radical (unpaired) electrons. The molecule has 3 aromatic rings. The Balaban J connectivity index is 2.35. The minimum absolute atomic E-state index is 0.543. The molecule has 0 bridgehead atoms. The normalized spacial score (nSPS) is 10.6. The zero-order valence-corrected chi connectivity index (χ0v) is 13.2. The molecule has 0 aliphatic carbocycles. The number of aldehydes is 1. The van der Waals surface area contributed by atoms with Crippen molar-refractivity contribution in [2.75, 3.05) is 21.3 Å². The molecule has 5 heteroatoms. The van der Waals surface area contributed by atoms with Crippen molar-refractivity contribution in [3.8, 4) is 28.5 Å². The second kappa shape index (κ2) is 6.04. The smallest absolute Gasteiger partial charge is 0.152 e. The number of fused-ring (bicyclic) bond motifs is 1. The molecular formula is C18H17NO4. The lowest BCUT2D eigenvalue weighted by molar-refractivity contribution is 0.112. The van der Waals surface area contributed by atoms with Gasteiger partial charge in [0.1, 0.15) is 17.2 Å². The van der Waals surface area contributed by atoms with Gasteiger partial charge < -0.3 is 19.2 Å². The number of aromatic amines is 1. The van der Waals surface area contributed by atoms with Gasteiger partial charge in [-0.2, -0.15) is 0 Å². The molecule has 0 spiro atoms. The number of benzene rings is 2. The highest BCUT2D eigenvalue weighted by Crippen LogP contribution is 2.41. The summed E-state index contributed by atoms with van der Waals surface area (Å²) in [7, 11) is 4.77. The topological polar surface area (TPSA) is 60.6 Å². The molecule has 0 saturated carbocycles. The number of methoxy groups -OCH3 is 3. The fraction of sp³-hybridized carbons (Fsp3) is 0.167. The number of hydrogen-bond donors (Lipinski definition) is 1. The summed E-state index contributed by atoms with van der Waals surface area (Å²) in [6.07, 6.45) is 0.833. The van der Waals surface area contributed by atoms with Gasteiger partial charge in [-0.25, -0.2) is 0 Å². The molecule has 0 atom stereocenters. The van der Waals surface area contributed by atoms with Crippen LogP contribution in [0.4, 0.5) is 0 Å². The van der Waals surface area contributed by atoms with Crippen molar-refractivity contribution in [3.05, 3.63) is 42.0 Å². The van der Waals surface area contributed by atoms with Crippen molar-refractivity contribution in [3.63, 3.8) is 0 Å². The van der Waals surface area contributed by atoms with E-state index in [4.69, 9.17) is 14.2 Å². The minimum Gasteiger partial charge on any atom is -0.497 e. The average molecular weight is 311 g/mol.